The van der Waals surface area contributed by atoms with Crippen molar-refractivity contribution in [2.45, 2.75) is 0 Å². The summed E-state index contributed by atoms with van der Waals surface area (Å²) in [7, 11) is 1.10. The summed E-state index contributed by atoms with van der Waals surface area (Å²) in [6, 6.07) is 1.90. The zero-order valence-corrected chi connectivity index (χ0v) is 6.26. The zero-order valence-electron chi connectivity index (χ0n) is 6.26. The minimum Gasteiger partial charge on any atom is -0.464 e. The molecule has 5 heteroatoms. The number of carbonyl (C=O) groups is 1. The van der Waals surface area contributed by atoms with E-state index in [1.807, 2.05) is 4.98 Å². The van der Waals surface area contributed by atoms with E-state index < -0.39 is 23.0 Å². The van der Waals surface area contributed by atoms with Gasteiger partial charge in [-0.05, 0) is 6.07 Å². The fourth-order valence-corrected chi connectivity index (χ4v) is 0.707. The number of H-pyrrole nitrogens is 1. The molecule has 1 N–H and O–H groups in total. The summed E-state index contributed by atoms with van der Waals surface area (Å²) in [5.74, 6) is -1.70. The average molecular weight is 171 g/mol. The van der Waals surface area contributed by atoms with Gasteiger partial charge < -0.3 is 9.72 Å². The molecule has 0 saturated carbocycles. The predicted molar refractivity (Wildman–Crippen MR) is 38.4 cm³/mol. The minimum atomic E-state index is -0.898. The van der Waals surface area contributed by atoms with Gasteiger partial charge in [0.25, 0.3) is 0 Å². The minimum absolute atomic E-state index is 0.454. The Morgan fingerprint density at radius 2 is 2.25 bits per heavy atom. The van der Waals surface area contributed by atoms with Crippen LogP contribution in [0.1, 0.15) is 10.5 Å². The SMILES string of the molecule is COC(=O)c1[nH]c(=O)ccc1F. The van der Waals surface area contributed by atoms with Crippen molar-refractivity contribution >= 4 is 5.97 Å². The second kappa shape index (κ2) is 3.17. The normalized spacial score (nSPS) is 9.50. The van der Waals surface area contributed by atoms with Crippen LogP contribution in [-0.4, -0.2) is 18.1 Å². The molecule has 0 saturated heterocycles. The summed E-state index contributed by atoms with van der Waals surface area (Å²) in [4.78, 5) is 23.4. The number of aromatic nitrogens is 1. The van der Waals surface area contributed by atoms with Gasteiger partial charge in [0.2, 0.25) is 5.56 Å². The molecule has 64 valence electrons. The second-order valence-corrected chi connectivity index (χ2v) is 2.04. The summed E-state index contributed by atoms with van der Waals surface area (Å²) < 4.78 is 17.0. The molecule has 12 heavy (non-hydrogen) atoms. The van der Waals surface area contributed by atoms with Crippen LogP contribution in [-0.2, 0) is 4.74 Å². The first-order valence-corrected chi connectivity index (χ1v) is 3.12. The van der Waals surface area contributed by atoms with Crippen LogP contribution in [0.25, 0.3) is 0 Å². The van der Waals surface area contributed by atoms with Crippen molar-refractivity contribution in [2.75, 3.05) is 7.11 Å². The fraction of sp³-hybridized carbons (Fsp3) is 0.143. The molecular formula is C7H6FNO3. The van der Waals surface area contributed by atoms with E-state index in [1.165, 1.54) is 0 Å². The zero-order chi connectivity index (χ0) is 9.14. The van der Waals surface area contributed by atoms with E-state index in [4.69, 9.17) is 0 Å². The molecule has 0 aliphatic carbocycles. The predicted octanol–water partition coefficient (Wildman–Crippen LogP) is 0.301. The highest BCUT2D eigenvalue weighted by molar-refractivity contribution is 5.87. The summed E-state index contributed by atoms with van der Waals surface area (Å²) >= 11 is 0. The van der Waals surface area contributed by atoms with E-state index in [9.17, 15) is 14.0 Å². The Balaban J connectivity index is 3.22. The van der Waals surface area contributed by atoms with E-state index >= 15 is 0 Å². The largest absolute Gasteiger partial charge is 0.464 e. The number of ether oxygens (including phenoxy) is 1. The highest BCUT2D eigenvalue weighted by Gasteiger charge is 2.11. The topological polar surface area (TPSA) is 59.2 Å². The molecule has 0 unspecified atom stereocenters. The third-order valence-electron chi connectivity index (χ3n) is 1.26. The van der Waals surface area contributed by atoms with Gasteiger partial charge in [0, 0.05) is 6.07 Å². The first-order valence-electron chi connectivity index (χ1n) is 3.12. The van der Waals surface area contributed by atoms with Gasteiger partial charge in [-0.2, -0.15) is 0 Å². The quantitative estimate of drug-likeness (QED) is 0.618. The van der Waals surface area contributed by atoms with E-state index in [2.05, 4.69) is 4.74 Å². The highest BCUT2D eigenvalue weighted by Crippen LogP contribution is 2.00. The van der Waals surface area contributed by atoms with Crippen LogP contribution in [0.5, 0.6) is 0 Å². The van der Waals surface area contributed by atoms with Crippen LogP contribution < -0.4 is 5.56 Å². The maximum absolute atomic E-state index is 12.7. The summed E-state index contributed by atoms with van der Waals surface area (Å²) in [6.07, 6.45) is 0. The number of methoxy groups -OCH3 is 1. The molecule has 0 amide bonds. The summed E-state index contributed by atoms with van der Waals surface area (Å²) in [6.45, 7) is 0. The Labute approximate surface area is 67.0 Å². The third-order valence-corrected chi connectivity index (χ3v) is 1.26. The van der Waals surface area contributed by atoms with Gasteiger partial charge in [0.15, 0.2) is 11.5 Å². The van der Waals surface area contributed by atoms with Gasteiger partial charge in [0.05, 0.1) is 7.11 Å². The number of nitrogens with one attached hydrogen (secondary N) is 1. The van der Waals surface area contributed by atoms with Gasteiger partial charge in [-0.1, -0.05) is 0 Å². The fourth-order valence-electron chi connectivity index (χ4n) is 0.707. The molecule has 1 aromatic heterocycles. The van der Waals surface area contributed by atoms with E-state index in [0.29, 0.717) is 0 Å². The number of carbonyl (C=O) groups excluding carboxylic acids is 1. The van der Waals surface area contributed by atoms with Crippen LogP contribution in [0.3, 0.4) is 0 Å². The number of pyridine rings is 1. The summed E-state index contributed by atoms with van der Waals surface area (Å²) in [5.41, 5.74) is -0.998. The molecule has 0 fully saturated rings. The van der Waals surface area contributed by atoms with Crippen molar-refractivity contribution in [1.82, 2.24) is 4.98 Å². The van der Waals surface area contributed by atoms with Crippen molar-refractivity contribution in [3.8, 4) is 0 Å². The van der Waals surface area contributed by atoms with Crippen LogP contribution >= 0.6 is 0 Å². The van der Waals surface area contributed by atoms with Crippen LogP contribution in [0.4, 0.5) is 4.39 Å². The number of hydrogen-bond donors (Lipinski definition) is 1. The third kappa shape index (κ3) is 1.50. The molecule has 0 spiro atoms. The van der Waals surface area contributed by atoms with E-state index in [1.54, 1.807) is 0 Å². The molecule has 0 aliphatic rings. The first-order chi connectivity index (χ1) is 5.65. The Kier molecular flexibility index (Phi) is 2.23. The number of esters is 1. The van der Waals surface area contributed by atoms with Crippen molar-refractivity contribution < 1.29 is 13.9 Å². The van der Waals surface area contributed by atoms with Crippen molar-refractivity contribution in [1.29, 1.82) is 0 Å². The molecule has 1 aromatic rings. The standard InChI is InChI=1S/C7H6FNO3/c1-12-7(11)6-4(8)2-3-5(10)9-6/h2-3H,1H3,(H,9,10). The Morgan fingerprint density at radius 3 is 2.83 bits per heavy atom. The Bertz CT molecular complexity index is 358. The van der Waals surface area contributed by atoms with Gasteiger partial charge in [-0.3, -0.25) is 4.79 Å². The lowest BCUT2D eigenvalue weighted by molar-refractivity contribution is 0.0588. The lowest BCUT2D eigenvalue weighted by Gasteiger charge is -1.98. The van der Waals surface area contributed by atoms with Crippen molar-refractivity contribution in [2.24, 2.45) is 0 Å². The Hall–Kier alpha value is -1.65. The molecule has 0 aromatic carbocycles. The van der Waals surface area contributed by atoms with Crippen LogP contribution in [0, 0.1) is 5.82 Å². The van der Waals surface area contributed by atoms with E-state index in [0.717, 1.165) is 19.2 Å². The Morgan fingerprint density at radius 1 is 1.58 bits per heavy atom. The summed E-state index contributed by atoms with van der Waals surface area (Å²) in [5, 5.41) is 0. The van der Waals surface area contributed by atoms with Gasteiger partial charge >= 0.3 is 5.97 Å². The van der Waals surface area contributed by atoms with E-state index in [-0.39, 0.29) is 0 Å². The second-order valence-electron chi connectivity index (χ2n) is 2.04. The number of halogens is 1. The van der Waals surface area contributed by atoms with Crippen molar-refractivity contribution in [3.63, 3.8) is 0 Å². The maximum Gasteiger partial charge on any atom is 0.357 e. The molecular weight excluding hydrogens is 165 g/mol. The number of rotatable bonds is 1. The maximum atomic E-state index is 12.7. The smallest absolute Gasteiger partial charge is 0.357 e. The number of aromatic amines is 1. The molecule has 0 atom stereocenters. The molecule has 1 heterocycles. The lowest BCUT2D eigenvalue weighted by atomic mass is 10.3. The molecule has 1 rings (SSSR count). The first kappa shape index (κ1) is 8.45. The van der Waals surface area contributed by atoms with Crippen LogP contribution in [0.15, 0.2) is 16.9 Å². The van der Waals surface area contributed by atoms with Gasteiger partial charge in [0.1, 0.15) is 0 Å². The molecule has 4 nitrogen and oxygen atoms in total. The van der Waals surface area contributed by atoms with Gasteiger partial charge in [-0.25, -0.2) is 9.18 Å². The lowest BCUT2D eigenvalue weighted by Crippen LogP contribution is -2.15. The molecule has 0 bridgehead atoms. The number of hydrogen-bond acceptors (Lipinski definition) is 3. The molecule has 0 radical (unpaired) electrons. The average Bonchev–Trinajstić information content (AvgIpc) is 2.08. The van der Waals surface area contributed by atoms with Crippen LogP contribution in [0.2, 0.25) is 0 Å². The molecule has 0 aliphatic heterocycles. The van der Waals surface area contributed by atoms with Gasteiger partial charge in [-0.15, -0.1) is 0 Å². The highest BCUT2D eigenvalue weighted by atomic mass is 19.1. The monoisotopic (exact) mass is 171 g/mol. The van der Waals surface area contributed by atoms with Crippen molar-refractivity contribution in [3.05, 3.63) is 34.0 Å².